The average molecular weight is 242 g/mol. The van der Waals surface area contributed by atoms with Crippen molar-refractivity contribution in [2.24, 2.45) is 10.9 Å². The average Bonchev–Trinajstić information content (AvgIpc) is 2.28. The van der Waals surface area contributed by atoms with Gasteiger partial charge in [-0.3, -0.25) is 0 Å². The molecule has 0 aromatic heterocycles. The summed E-state index contributed by atoms with van der Waals surface area (Å²) in [6, 6.07) is 7.40. The van der Waals surface area contributed by atoms with Crippen molar-refractivity contribution in [2.45, 2.75) is 25.9 Å². The number of benzene rings is 1. The first-order chi connectivity index (χ1) is 7.56. The van der Waals surface area contributed by atoms with Crippen molar-refractivity contribution in [1.82, 2.24) is 5.32 Å². The molecule has 0 fully saturated rings. The van der Waals surface area contributed by atoms with Crippen molar-refractivity contribution >= 4 is 17.4 Å². The van der Waals surface area contributed by atoms with Crippen molar-refractivity contribution in [1.29, 1.82) is 0 Å². The molecule has 16 heavy (non-hydrogen) atoms. The van der Waals surface area contributed by atoms with Gasteiger partial charge in [0.25, 0.3) is 0 Å². The maximum absolute atomic E-state index is 8.54. The molecular weight excluding hydrogens is 226 g/mol. The second-order valence-corrected chi connectivity index (χ2v) is 4.06. The Morgan fingerprint density at radius 2 is 2.06 bits per heavy atom. The molecule has 0 bridgehead atoms. The van der Waals surface area contributed by atoms with Crippen molar-refractivity contribution in [3.8, 4) is 0 Å². The second-order valence-electron chi connectivity index (χ2n) is 3.66. The van der Waals surface area contributed by atoms with Crippen LogP contribution >= 0.6 is 11.6 Å². The number of hydrogen-bond donors (Lipinski definition) is 3. The number of nitrogens with one attached hydrogen (secondary N) is 1. The van der Waals surface area contributed by atoms with Crippen LogP contribution in [0.4, 0.5) is 0 Å². The van der Waals surface area contributed by atoms with Crippen LogP contribution < -0.4 is 11.1 Å². The van der Waals surface area contributed by atoms with E-state index in [4.69, 9.17) is 22.5 Å². The highest BCUT2D eigenvalue weighted by atomic mass is 35.5. The molecule has 0 radical (unpaired) electrons. The molecule has 0 heterocycles. The van der Waals surface area contributed by atoms with Gasteiger partial charge in [-0.15, -0.1) is 0 Å². The number of halogens is 1. The second kappa shape index (κ2) is 5.72. The largest absolute Gasteiger partial charge is 0.409 e. The maximum atomic E-state index is 8.54. The first-order valence-corrected chi connectivity index (χ1v) is 5.42. The summed E-state index contributed by atoms with van der Waals surface area (Å²) in [5, 5.41) is 15.4. The van der Waals surface area contributed by atoms with Crippen LogP contribution in [-0.2, 0) is 0 Å². The lowest BCUT2D eigenvalue weighted by Gasteiger charge is -2.20. The van der Waals surface area contributed by atoms with Crippen molar-refractivity contribution in [3.63, 3.8) is 0 Å². The Morgan fingerprint density at radius 3 is 2.62 bits per heavy atom. The summed E-state index contributed by atoms with van der Waals surface area (Å²) in [6.07, 6.45) is 0. The lowest BCUT2D eigenvalue weighted by atomic mass is 10.1. The Labute approximate surface area is 100 Å². The Kier molecular flexibility index (Phi) is 4.58. The third-order valence-corrected chi connectivity index (χ3v) is 2.78. The van der Waals surface area contributed by atoms with Gasteiger partial charge in [0.1, 0.15) is 0 Å². The molecule has 1 unspecified atom stereocenters. The third kappa shape index (κ3) is 3.12. The Hall–Kier alpha value is -1.26. The molecule has 1 aromatic rings. The van der Waals surface area contributed by atoms with E-state index in [2.05, 4.69) is 10.5 Å². The van der Waals surface area contributed by atoms with Crippen LogP contribution in [0.1, 0.15) is 25.5 Å². The van der Waals surface area contributed by atoms with E-state index in [1.54, 1.807) is 0 Å². The molecule has 1 rings (SSSR count). The van der Waals surface area contributed by atoms with Crippen LogP contribution in [0.2, 0.25) is 5.02 Å². The predicted octanol–water partition coefficient (Wildman–Crippen LogP) is 2.13. The Bertz CT molecular complexity index is 381. The fourth-order valence-electron chi connectivity index (χ4n) is 1.46. The lowest BCUT2D eigenvalue weighted by Crippen LogP contribution is -2.40. The monoisotopic (exact) mass is 241 g/mol. The van der Waals surface area contributed by atoms with Gasteiger partial charge in [0, 0.05) is 11.1 Å². The van der Waals surface area contributed by atoms with E-state index in [0.29, 0.717) is 5.02 Å². The van der Waals surface area contributed by atoms with Gasteiger partial charge in [-0.05, 0) is 25.5 Å². The number of nitrogens with two attached hydrogens (primary N) is 1. The molecule has 0 amide bonds. The normalized spacial score (nSPS) is 15.8. The number of rotatable bonds is 4. The number of hydrogen-bond acceptors (Lipinski definition) is 3. The third-order valence-electron chi connectivity index (χ3n) is 2.43. The van der Waals surface area contributed by atoms with Crippen molar-refractivity contribution < 1.29 is 5.21 Å². The van der Waals surface area contributed by atoms with Crippen LogP contribution in [0.5, 0.6) is 0 Å². The zero-order valence-corrected chi connectivity index (χ0v) is 10.1. The fourth-order valence-corrected chi connectivity index (χ4v) is 1.76. The van der Waals surface area contributed by atoms with Crippen LogP contribution in [-0.4, -0.2) is 17.1 Å². The van der Waals surface area contributed by atoms with Crippen LogP contribution in [0.25, 0.3) is 0 Å². The van der Waals surface area contributed by atoms with E-state index in [-0.39, 0.29) is 17.9 Å². The Balaban J connectivity index is 2.73. The Morgan fingerprint density at radius 1 is 1.44 bits per heavy atom. The SMILES string of the molecule is CC(N[C@H](C)c1ccccc1Cl)/C(N)=N/O. The van der Waals surface area contributed by atoms with Crippen LogP contribution in [0.15, 0.2) is 29.4 Å². The first-order valence-electron chi connectivity index (χ1n) is 5.04. The van der Waals surface area contributed by atoms with Gasteiger partial charge in [0.05, 0.1) is 6.04 Å². The lowest BCUT2D eigenvalue weighted by molar-refractivity contribution is 0.314. The van der Waals surface area contributed by atoms with Gasteiger partial charge < -0.3 is 16.3 Å². The summed E-state index contributed by atoms with van der Waals surface area (Å²) < 4.78 is 0. The van der Waals surface area contributed by atoms with Gasteiger partial charge in [-0.1, -0.05) is 35.0 Å². The molecule has 0 aliphatic carbocycles. The fraction of sp³-hybridized carbons (Fsp3) is 0.364. The number of nitrogens with zero attached hydrogens (tertiary/aromatic N) is 1. The standard InChI is InChI=1S/C11H16ClN3O/c1-7(14-8(2)11(13)15-16)9-5-3-4-6-10(9)12/h3-8,14,16H,1-2H3,(H2,13,15)/t7-,8?/m1/s1. The first kappa shape index (κ1) is 12.8. The summed E-state index contributed by atoms with van der Waals surface area (Å²) in [5.74, 6) is 0.152. The van der Waals surface area contributed by atoms with E-state index < -0.39 is 0 Å². The number of amidine groups is 1. The molecule has 5 heteroatoms. The van der Waals surface area contributed by atoms with Gasteiger partial charge >= 0.3 is 0 Å². The van der Waals surface area contributed by atoms with Gasteiger partial charge in [0.2, 0.25) is 0 Å². The van der Waals surface area contributed by atoms with Gasteiger partial charge in [-0.25, -0.2) is 0 Å². The van der Waals surface area contributed by atoms with E-state index in [9.17, 15) is 0 Å². The number of oxime groups is 1. The molecule has 1 aromatic carbocycles. The summed E-state index contributed by atoms with van der Waals surface area (Å²) in [4.78, 5) is 0. The van der Waals surface area contributed by atoms with Crippen molar-refractivity contribution in [3.05, 3.63) is 34.9 Å². The van der Waals surface area contributed by atoms with E-state index in [0.717, 1.165) is 5.56 Å². The predicted molar refractivity (Wildman–Crippen MR) is 65.9 cm³/mol. The molecule has 88 valence electrons. The minimum absolute atomic E-state index is 0.0315. The highest BCUT2D eigenvalue weighted by Crippen LogP contribution is 2.22. The molecule has 0 saturated carbocycles. The molecular formula is C11H16ClN3O. The van der Waals surface area contributed by atoms with E-state index in [1.165, 1.54) is 0 Å². The van der Waals surface area contributed by atoms with Crippen LogP contribution in [0, 0.1) is 0 Å². The maximum Gasteiger partial charge on any atom is 0.156 e. The highest BCUT2D eigenvalue weighted by Gasteiger charge is 2.14. The summed E-state index contributed by atoms with van der Waals surface area (Å²) in [7, 11) is 0. The minimum Gasteiger partial charge on any atom is -0.409 e. The van der Waals surface area contributed by atoms with E-state index in [1.807, 2.05) is 38.1 Å². The van der Waals surface area contributed by atoms with Gasteiger partial charge in [0.15, 0.2) is 5.84 Å². The molecule has 0 aliphatic heterocycles. The van der Waals surface area contributed by atoms with E-state index >= 15 is 0 Å². The molecule has 0 aliphatic rings. The quantitative estimate of drug-likeness (QED) is 0.327. The summed E-state index contributed by atoms with van der Waals surface area (Å²) >= 11 is 6.07. The molecule has 4 nitrogen and oxygen atoms in total. The smallest absolute Gasteiger partial charge is 0.156 e. The molecule has 0 saturated heterocycles. The highest BCUT2D eigenvalue weighted by molar-refractivity contribution is 6.31. The summed E-state index contributed by atoms with van der Waals surface area (Å²) in [6.45, 7) is 3.80. The van der Waals surface area contributed by atoms with Crippen molar-refractivity contribution in [2.75, 3.05) is 0 Å². The van der Waals surface area contributed by atoms with Gasteiger partial charge in [-0.2, -0.15) is 0 Å². The topological polar surface area (TPSA) is 70.6 Å². The zero-order valence-electron chi connectivity index (χ0n) is 9.31. The van der Waals surface area contributed by atoms with Crippen LogP contribution in [0.3, 0.4) is 0 Å². The molecule has 0 spiro atoms. The molecule has 2 atom stereocenters. The summed E-state index contributed by atoms with van der Waals surface area (Å²) in [5.41, 5.74) is 6.47. The molecule has 4 N–H and O–H groups in total. The minimum atomic E-state index is -0.212. The zero-order chi connectivity index (χ0) is 12.1.